The number of allylic oxidation sites excluding steroid dienone is 2. The van der Waals surface area contributed by atoms with Gasteiger partial charge in [-0.2, -0.15) is 0 Å². The molecule has 0 saturated heterocycles. The normalized spacial score (nSPS) is 12.4. The van der Waals surface area contributed by atoms with E-state index in [0.717, 1.165) is 42.1 Å². The number of carbonyl (C=O) groups excluding carboxylic acids is 1. The molecule has 1 aromatic carbocycles. The Morgan fingerprint density at radius 2 is 1.53 bits per heavy atom. The molecule has 1 atom stereocenters. The van der Waals surface area contributed by atoms with Gasteiger partial charge >= 0.3 is 5.97 Å². The summed E-state index contributed by atoms with van der Waals surface area (Å²) in [6.07, 6.45) is 22.9. The smallest absolute Gasteiger partial charge is 0.326 e. The number of hydrogen-bond acceptors (Lipinski definition) is 2. The molecule has 1 unspecified atom stereocenters. The van der Waals surface area contributed by atoms with E-state index in [2.05, 4.69) is 29.4 Å². The molecular weight excluding hydrogens is 424 g/mol. The van der Waals surface area contributed by atoms with Crippen LogP contribution in [0.3, 0.4) is 0 Å². The van der Waals surface area contributed by atoms with Crippen molar-refractivity contribution in [2.75, 3.05) is 0 Å². The lowest BCUT2D eigenvalue weighted by molar-refractivity contribution is -0.141. The number of amides is 1. The maximum atomic E-state index is 12.3. The highest BCUT2D eigenvalue weighted by atomic mass is 16.4. The summed E-state index contributed by atoms with van der Waals surface area (Å²) in [5, 5.41) is 13.3. The number of aromatic amines is 1. The second-order valence-corrected chi connectivity index (χ2v) is 9.36. The molecule has 0 aliphatic rings. The number of nitrogens with one attached hydrogen (secondary N) is 2. The van der Waals surface area contributed by atoms with Crippen molar-refractivity contribution in [1.82, 2.24) is 10.3 Å². The third-order valence-corrected chi connectivity index (χ3v) is 6.40. The number of H-pyrrole nitrogens is 1. The minimum Gasteiger partial charge on any atom is -0.480 e. The van der Waals surface area contributed by atoms with Gasteiger partial charge in [0.2, 0.25) is 5.91 Å². The maximum absolute atomic E-state index is 12.3. The van der Waals surface area contributed by atoms with Crippen molar-refractivity contribution >= 4 is 22.8 Å². The molecule has 3 N–H and O–H groups in total. The van der Waals surface area contributed by atoms with E-state index < -0.39 is 12.0 Å². The summed E-state index contributed by atoms with van der Waals surface area (Å²) in [6, 6.07) is 6.89. The molecule has 2 aromatic rings. The molecule has 1 aromatic heterocycles. The molecule has 0 spiro atoms. The van der Waals surface area contributed by atoms with Gasteiger partial charge in [-0.1, -0.05) is 88.6 Å². The number of hydrogen-bond donors (Lipinski definition) is 3. The molecule has 34 heavy (non-hydrogen) atoms. The van der Waals surface area contributed by atoms with Gasteiger partial charge in [-0.05, 0) is 43.7 Å². The first-order valence-corrected chi connectivity index (χ1v) is 13.3. The summed E-state index contributed by atoms with van der Waals surface area (Å²) < 4.78 is 0. The molecule has 0 saturated carbocycles. The SMILES string of the molecule is CCCCCCCC/C=C/CCCCCCCC(=O)NC(Cc1c[nH]c2ccccc12)C(=O)O. The number of aliphatic carboxylic acids is 1. The largest absolute Gasteiger partial charge is 0.480 e. The van der Waals surface area contributed by atoms with Gasteiger partial charge in [-0.3, -0.25) is 4.79 Å². The summed E-state index contributed by atoms with van der Waals surface area (Å²) in [5.74, 6) is -1.17. The molecular formula is C29H44N2O3. The van der Waals surface area contributed by atoms with Crippen LogP contribution in [0.2, 0.25) is 0 Å². The van der Waals surface area contributed by atoms with Crippen LogP contribution in [0.15, 0.2) is 42.6 Å². The predicted molar refractivity (Wildman–Crippen MR) is 141 cm³/mol. The zero-order chi connectivity index (χ0) is 24.4. The fraction of sp³-hybridized carbons (Fsp3) is 0.586. The lowest BCUT2D eigenvalue weighted by Gasteiger charge is -2.14. The Labute approximate surface area is 205 Å². The Bertz CT molecular complexity index is 871. The van der Waals surface area contributed by atoms with Crippen LogP contribution in [-0.4, -0.2) is 28.0 Å². The highest BCUT2D eigenvalue weighted by molar-refractivity contribution is 5.86. The second-order valence-electron chi connectivity index (χ2n) is 9.36. The molecule has 1 amide bonds. The summed E-state index contributed by atoms with van der Waals surface area (Å²) in [4.78, 5) is 27.1. The number of benzene rings is 1. The van der Waals surface area contributed by atoms with Crippen LogP contribution in [0.4, 0.5) is 0 Å². The molecule has 0 radical (unpaired) electrons. The Hall–Kier alpha value is -2.56. The number of carboxylic acids is 1. The van der Waals surface area contributed by atoms with Crippen molar-refractivity contribution in [2.45, 2.75) is 109 Å². The van der Waals surface area contributed by atoms with Crippen molar-refractivity contribution < 1.29 is 14.7 Å². The van der Waals surface area contributed by atoms with E-state index in [1.165, 1.54) is 57.8 Å². The maximum Gasteiger partial charge on any atom is 0.326 e. The Morgan fingerprint density at radius 1 is 0.912 bits per heavy atom. The van der Waals surface area contributed by atoms with Crippen molar-refractivity contribution in [3.63, 3.8) is 0 Å². The molecule has 2 rings (SSSR count). The van der Waals surface area contributed by atoms with Crippen molar-refractivity contribution in [2.24, 2.45) is 0 Å². The standard InChI is InChI=1S/C29H44N2O3/c1-2-3-4-5-6-7-8-9-10-11-12-13-14-15-16-21-28(32)31-27(29(33)34)22-24-23-30-26-20-18-17-19-25(24)26/h9-10,17-20,23,27,30H,2-8,11-16,21-22H2,1H3,(H,31,32)(H,33,34)/b10-9+. The quantitative estimate of drug-likeness (QED) is 0.149. The molecule has 188 valence electrons. The van der Waals surface area contributed by atoms with Crippen LogP contribution in [0.25, 0.3) is 10.9 Å². The van der Waals surface area contributed by atoms with E-state index in [1.807, 2.05) is 30.5 Å². The number of carboxylic acid groups (broad SMARTS) is 1. The number of aromatic nitrogens is 1. The highest BCUT2D eigenvalue weighted by Crippen LogP contribution is 2.19. The Balaban J connectivity index is 1.52. The van der Waals surface area contributed by atoms with Gasteiger partial charge < -0.3 is 15.4 Å². The number of rotatable bonds is 19. The van der Waals surface area contributed by atoms with E-state index in [1.54, 1.807) is 0 Å². The molecule has 5 heteroatoms. The number of unbranched alkanes of at least 4 members (excludes halogenated alkanes) is 11. The molecule has 5 nitrogen and oxygen atoms in total. The van der Waals surface area contributed by atoms with Gasteiger partial charge in [0.25, 0.3) is 0 Å². The molecule has 0 fully saturated rings. The Morgan fingerprint density at radius 3 is 2.21 bits per heavy atom. The van der Waals surface area contributed by atoms with Gasteiger partial charge in [0, 0.05) is 29.9 Å². The van der Waals surface area contributed by atoms with Crippen LogP contribution in [0.5, 0.6) is 0 Å². The zero-order valence-electron chi connectivity index (χ0n) is 21.0. The highest BCUT2D eigenvalue weighted by Gasteiger charge is 2.21. The van der Waals surface area contributed by atoms with Crippen molar-refractivity contribution in [1.29, 1.82) is 0 Å². The average molecular weight is 469 g/mol. The third-order valence-electron chi connectivity index (χ3n) is 6.40. The van der Waals surface area contributed by atoms with Crippen LogP contribution in [-0.2, 0) is 16.0 Å². The molecule has 0 aliphatic heterocycles. The monoisotopic (exact) mass is 468 g/mol. The van der Waals surface area contributed by atoms with Crippen LogP contribution < -0.4 is 5.32 Å². The summed E-state index contributed by atoms with van der Waals surface area (Å²) in [5.41, 5.74) is 1.88. The van der Waals surface area contributed by atoms with Crippen molar-refractivity contribution in [3.05, 3.63) is 48.2 Å². The van der Waals surface area contributed by atoms with Crippen molar-refractivity contribution in [3.8, 4) is 0 Å². The minimum atomic E-state index is -0.997. The Kier molecular flexibility index (Phi) is 13.8. The number of carbonyl (C=O) groups is 2. The first-order chi connectivity index (χ1) is 16.6. The van der Waals surface area contributed by atoms with Gasteiger partial charge in [0.1, 0.15) is 6.04 Å². The van der Waals surface area contributed by atoms with Gasteiger partial charge in [0.15, 0.2) is 0 Å². The first kappa shape index (κ1) is 27.7. The lowest BCUT2D eigenvalue weighted by atomic mass is 10.0. The van der Waals surface area contributed by atoms with Gasteiger partial charge in [-0.25, -0.2) is 4.79 Å². The summed E-state index contributed by atoms with van der Waals surface area (Å²) >= 11 is 0. The second kappa shape index (κ2) is 17.0. The fourth-order valence-corrected chi connectivity index (χ4v) is 4.34. The van der Waals surface area contributed by atoms with E-state index in [9.17, 15) is 14.7 Å². The van der Waals surface area contributed by atoms with E-state index >= 15 is 0 Å². The van der Waals surface area contributed by atoms with E-state index in [4.69, 9.17) is 0 Å². The lowest BCUT2D eigenvalue weighted by Crippen LogP contribution is -2.42. The summed E-state index contributed by atoms with van der Waals surface area (Å²) in [7, 11) is 0. The van der Waals surface area contributed by atoms with Gasteiger partial charge in [-0.15, -0.1) is 0 Å². The van der Waals surface area contributed by atoms with Crippen LogP contribution in [0, 0.1) is 0 Å². The van der Waals surface area contributed by atoms with Crippen LogP contribution in [0.1, 0.15) is 102 Å². The average Bonchev–Trinajstić information content (AvgIpc) is 3.24. The topological polar surface area (TPSA) is 82.2 Å². The zero-order valence-corrected chi connectivity index (χ0v) is 21.0. The van der Waals surface area contributed by atoms with Crippen LogP contribution >= 0.6 is 0 Å². The molecule has 0 aliphatic carbocycles. The van der Waals surface area contributed by atoms with E-state index in [0.29, 0.717) is 6.42 Å². The van der Waals surface area contributed by atoms with E-state index in [-0.39, 0.29) is 12.3 Å². The number of para-hydroxylation sites is 1. The fourth-order valence-electron chi connectivity index (χ4n) is 4.34. The van der Waals surface area contributed by atoms with Gasteiger partial charge in [0.05, 0.1) is 0 Å². The summed E-state index contributed by atoms with van der Waals surface area (Å²) in [6.45, 7) is 2.25. The first-order valence-electron chi connectivity index (χ1n) is 13.3. The predicted octanol–water partition coefficient (Wildman–Crippen LogP) is 7.32. The third kappa shape index (κ3) is 11.0. The minimum absolute atomic E-state index is 0.176. The number of fused-ring (bicyclic) bond motifs is 1. The molecule has 0 bridgehead atoms. The molecule has 1 heterocycles.